The van der Waals surface area contributed by atoms with Crippen molar-refractivity contribution >= 4 is 35.6 Å². The van der Waals surface area contributed by atoms with Crippen LogP contribution in [0.2, 0.25) is 10.0 Å². The van der Waals surface area contributed by atoms with Gasteiger partial charge in [-0.1, -0.05) is 61.2 Å². The van der Waals surface area contributed by atoms with Crippen LogP contribution in [0.4, 0.5) is 0 Å². The lowest BCUT2D eigenvalue weighted by Crippen LogP contribution is -2.14. The predicted octanol–water partition coefficient (Wildman–Crippen LogP) is 6.27. The molecule has 0 saturated carbocycles. The molecule has 0 bridgehead atoms. The van der Waals surface area contributed by atoms with Gasteiger partial charge in [0.25, 0.3) is 0 Å². The van der Waals surface area contributed by atoms with Crippen LogP contribution in [-0.4, -0.2) is 6.54 Å². The van der Waals surface area contributed by atoms with Gasteiger partial charge in [0.2, 0.25) is 0 Å². The number of ether oxygens (including phenoxy) is 1. The molecule has 0 unspecified atom stereocenters. The second-order valence-electron chi connectivity index (χ2n) is 5.55. The van der Waals surface area contributed by atoms with Gasteiger partial charge in [-0.25, -0.2) is 0 Å². The van der Waals surface area contributed by atoms with Crippen molar-refractivity contribution in [2.45, 2.75) is 39.3 Å². The number of hydrogen-bond donors (Lipinski definition) is 1. The van der Waals surface area contributed by atoms with Crippen LogP contribution in [0.25, 0.3) is 0 Å². The zero-order chi connectivity index (χ0) is 16.5. The van der Waals surface area contributed by atoms with Crippen molar-refractivity contribution < 1.29 is 4.74 Å². The second kappa shape index (κ2) is 11.6. The largest absolute Gasteiger partial charge is 0.489 e. The van der Waals surface area contributed by atoms with Crippen LogP contribution in [0.3, 0.4) is 0 Å². The first-order chi connectivity index (χ1) is 11.2. The second-order valence-corrected chi connectivity index (χ2v) is 6.40. The average Bonchev–Trinajstić information content (AvgIpc) is 2.55. The first kappa shape index (κ1) is 21.1. The van der Waals surface area contributed by atoms with Crippen molar-refractivity contribution in [2.24, 2.45) is 0 Å². The topological polar surface area (TPSA) is 21.3 Å². The molecule has 5 heteroatoms. The number of benzene rings is 2. The predicted molar refractivity (Wildman–Crippen MR) is 106 cm³/mol. The fourth-order valence-electron chi connectivity index (χ4n) is 2.24. The SMILES string of the molecule is CCCCCNCc1ccc(OCc2ccc(Cl)cc2Cl)cc1.Cl. The Morgan fingerprint density at radius 2 is 1.75 bits per heavy atom. The van der Waals surface area contributed by atoms with E-state index in [1.807, 2.05) is 24.3 Å². The first-order valence-electron chi connectivity index (χ1n) is 8.05. The summed E-state index contributed by atoms with van der Waals surface area (Å²) in [4.78, 5) is 0. The summed E-state index contributed by atoms with van der Waals surface area (Å²) in [6.07, 6.45) is 3.78. The number of unbranched alkanes of at least 4 members (excludes halogenated alkanes) is 2. The van der Waals surface area contributed by atoms with E-state index in [1.165, 1.54) is 24.8 Å². The molecule has 0 aromatic heterocycles. The Labute approximate surface area is 160 Å². The molecule has 0 saturated heterocycles. The number of nitrogens with one attached hydrogen (secondary N) is 1. The monoisotopic (exact) mass is 387 g/mol. The van der Waals surface area contributed by atoms with Crippen LogP contribution in [0.1, 0.15) is 37.3 Å². The zero-order valence-electron chi connectivity index (χ0n) is 13.9. The number of rotatable bonds is 9. The van der Waals surface area contributed by atoms with Gasteiger partial charge in [0.1, 0.15) is 12.4 Å². The maximum Gasteiger partial charge on any atom is 0.119 e. The summed E-state index contributed by atoms with van der Waals surface area (Å²) < 4.78 is 5.78. The van der Waals surface area contributed by atoms with E-state index in [2.05, 4.69) is 24.4 Å². The quantitative estimate of drug-likeness (QED) is 0.511. The van der Waals surface area contributed by atoms with Gasteiger partial charge in [-0.3, -0.25) is 0 Å². The average molecular weight is 389 g/mol. The van der Waals surface area contributed by atoms with Gasteiger partial charge < -0.3 is 10.1 Å². The molecule has 2 aromatic carbocycles. The molecule has 0 aliphatic carbocycles. The molecule has 2 aromatic rings. The minimum absolute atomic E-state index is 0. The van der Waals surface area contributed by atoms with E-state index in [0.29, 0.717) is 16.7 Å². The van der Waals surface area contributed by atoms with E-state index in [0.717, 1.165) is 24.4 Å². The molecule has 0 amide bonds. The maximum atomic E-state index is 6.14. The molecule has 2 nitrogen and oxygen atoms in total. The normalized spacial score (nSPS) is 10.3. The Hall–Kier alpha value is -0.930. The van der Waals surface area contributed by atoms with Crippen LogP contribution < -0.4 is 10.1 Å². The van der Waals surface area contributed by atoms with Crippen LogP contribution in [0.15, 0.2) is 42.5 Å². The summed E-state index contributed by atoms with van der Waals surface area (Å²) in [5.41, 5.74) is 2.19. The third-order valence-corrected chi connectivity index (χ3v) is 4.21. The minimum atomic E-state index is 0. The number of hydrogen-bond acceptors (Lipinski definition) is 2. The Balaban J connectivity index is 0.00000288. The lowest BCUT2D eigenvalue weighted by molar-refractivity contribution is 0.306. The molecule has 0 radical (unpaired) electrons. The van der Waals surface area contributed by atoms with Crippen molar-refractivity contribution in [1.29, 1.82) is 0 Å². The molecule has 0 aliphatic heterocycles. The fourth-order valence-corrected chi connectivity index (χ4v) is 2.70. The molecular weight excluding hydrogens is 365 g/mol. The smallest absolute Gasteiger partial charge is 0.119 e. The van der Waals surface area contributed by atoms with E-state index in [-0.39, 0.29) is 12.4 Å². The van der Waals surface area contributed by atoms with E-state index >= 15 is 0 Å². The first-order valence-corrected chi connectivity index (χ1v) is 8.81. The van der Waals surface area contributed by atoms with E-state index < -0.39 is 0 Å². The summed E-state index contributed by atoms with van der Waals surface area (Å²) >= 11 is 12.0. The van der Waals surface area contributed by atoms with Gasteiger partial charge in [-0.05, 0) is 42.8 Å². The van der Waals surface area contributed by atoms with E-state index in [9.17, 15) is 0 Å². The molecule has 0 fully saturated rings. The van der Waals surface area contributed by atoms with Gasteiger partial charge in [0.15, 0.2) is 0 Å². The van der Waals surface area contributed by atoms with Crippen LogP contribution in [0, 0.1) is 0 Å². The molecular formula is C19H24Cl3NO. The van der Waals surface area contributed by atoms with Crippen LogP contribution in [-0.2, 0) is 13.2 Å². The highest BCUT2D eigenvalue weighted by Crippen LogP contribution is 2.22. The Bertz CT molecular complexity index is 602. The van der Waals surface area contributed by atoms with Crippen molar-refractivity contribution in [2.75, 3.05) is 6.54 Å². The minimum Gasteiger partial charge on any atom is -0.489 e. The fraction of sp³-hybridized carbons (Fsp3) is 0.368. The lowest BCUT2D eigenvalue weighted by atomic mass is 10.2. The van der Waals surface area contributed by atoms with Gasteiger partial charge in [0, 0.05) is 22.2 Å². The van der Waals surface area contributed by atoms with Crippen LogP contribution >= 0.6 is 35.6 Å². The molecule has 2 rings (SSSR count). The Morgan fingerprint density at radius 3 is 2.42 bits per heavy atom. The van der Waals surface area contributed by atoms with Gasteiger partial charge in [-0.2, -0.15) is 0 Å². The van der Waals surface area contributed by atoms with Crippen molar-refractivity contribution in [3.63, 3.8) is 0 Å². The maximum absolute atomic E-state index is 6.14. The summed E-state index contributed by atoms with van der Waals surface area (Å²) in [5.74, 6) is 0.839. The Morgan fingerprint density at radius 1 is 1.00 bits per heavy atom. The highest BCUT2D eigenvalue weighted by molar-refractivity contribution is 6.35. The van der Waals surface area contributed by atoms with E-state index in [4.69, 9.17) is 27.9 Å². The molecule has 0 heterocycles. The van der Waals surface area contributed by atoms with Crippen molar-refractivity contribution in [1.82, 2.24) is 5.32 Å². The van der Waals surface area contributed by atoms with E-state index in [1.54, 1.807) is 6.07 Å². The van der Waals surface area contributed by atoms with Gasteiger partial charge in [-0.15, -0.1) is 12.4 Å². The summed E-state index contributed by atoms with van der Waals surface area (Å²) in [5, 5.41) is 4.72. The molecule has 132 valence electrons. The van der Waals surface area contributed by atoms with Crippen LogP contribution in [0.5, 0.6) is 5.75 Å². The zero-order valence-corrected chi connectivity index (χ0v) is 16.2. The molecule has 0 atom stereocenters. The highest BCUT2D eigenvalue weighted by atomic mass is 35.5. The van der Waals surface area contributed by atoms with Crippen molar-refractivity contribution in [3.8, 4) is 5.75 Å². The van der Waals surface area contributed by atoms with Gasteiger partial charge >= 0.3 is 0 Å². The van der Waals surface area contributed by atoms with Gasteiger partial charge in [0.05, 0.1) is 0 Å². The van der Waals surface area contributed by atoms with Crippen molar-refractivity contribution in [3.05, 3.63) is 63.6 Å². The molecule has 1 N–H and O–H groups in total. The number of halogens is 3. The highest BCUT2D eigenvalue weighted by Gasteiger charge is 2.03. The lowest BCUT2D eigenvalue weighted by Gasteiger charge is -2.09. The summed E-state index contributed by atoms with van der Waals surface area (Å²) in [6, 6.07) is 13.6. The molecule has 0 spiro atoms. The Kier molecular flexibility index (Phi) is 10.2. The summed E-state index contributed by atoms with van der Waals surface area (Å²) in [6.45, 7) is 4.62. The molecule has 24 heavy (non-hydrogen) atoms. The third kappa shape index (κ3) is 7.31. The summed E-state index contributed by atoms with van der Waals surface area (Å²) in [7, 11) is 0. The standard InChI is InChI=1S/C19H23Cl2NO.ClH/c1-2-3-4-11-22-13-15-5-9-18(10-6-15)23-14-16-7-8-17(20)12-19(16)21;/h5-10,12,22H,2-4,11,13-14H2,1H3;1H. The molecule has 0 aliphatic rings. The third-order valence-electron chi connectivity index (χ3n) is 3.62.